The van der Waals surface area contributed by atoms with Gasteiger partial charge in [0, 0.05) is 42.4 Å². The van der Waals surface area contributed by atoms with Crippen LogP contribution in [0.25, 0.3) is 0 Å². The Bertz CT molecular complexity index is 1040. The van der Waals surface area contributed by atoms with Crippen molar-refractivity contribution in [1.29, 1.82) is 0 Å². The van der Waals surface area contributed by atoms with Gasteiger partial charge in [-0.15, -0.1) is 11.8 Å². The van der Waals surface area contributed by atoms with E-state index in [2.05, 4.69) is 0 Å². The smallest absolute Gasteiger partial charge is 0.243 e. The summed E-state index contributed by atoms with van der Waals surface area (Å²) in [6.07, 6.45) is 3.65. The minimum Gasteiger partial charge on any atom is -0.312 e. The van der Waals surface area contributed by atoms with Gasteiger partial charge in [0.2, 0.25) is 15.9 Å². The predicted molar refractivity (Wildman–Crippen MR) is 117 cm³/mol. The fourth-order valence-electron chi connectivity index (χ4n) is 4.02. The third kappa shape index (κ3) is 4.40. The zero-order valence-electron chi connectivity index (χ0n) is 16.7. The summed E-state index contributed by atoms with van der Waals surface area (Å²) in [5.41, 5.74) is 1.69. The van der Waals surface area contributed by atoms with E-state index < -0.39 is 10.0 Å². The van der Waals surface area contributed by atoms with E-state index in [9.17, 15) is 17.6 Å². The highest BCUT2D eigenvalue weighted by Crippen LogP contribution is 2.32. The summed E-state index contributed by atoms with van der Waals surface area (Å²) in [7, 11) is -3.47. The number of carbonyl (C=O) groups is 1. The van der Waals surface area contributed by atoms with E-state index in [-0.39, 0.29) is 11.7 Å². The van der Waals surface area contributed by atoms with Crippen molar-refractivity contribution in [2.45, 2.75) is 41.9 Å². The maximum absolute atomic E-state index is 13.7. The second-order valence-electron chi connectivity index (χ2n) is 7.58. The van der Waals surface area contributed by atoms with Crippen molar-refractivity contribution in [3.05, 3.63) is 53.8 Å². The lowest BCUT2D eigenvalue weighted by Crippen LogP contribution is -2.36. The van der Waals surface area contributed by atoms with Crippen molar-refractivity contribution in [3.63, 3.8) is 0 Å². The van der Waals surface area contributed by atoms with Crippen LogP contribution in [0.4, 0.5) is 10.1 Å². The minimum absolute atomic E-state index is 0.0186. The molecular formula is C22H25FN2O3S2. The number of nitrogens with zero attached hydrogens (tertiary/aromatic N) is 2. The molecule has 0 N–H and O–H groups in total. The van der Waals surface area contributed by atoms with Crippen molar-refractivity contribution < 1.29 is 17.6 Å². The van der Waals surface area contributed by atoms with Gasteiger partial charge in [0.1, 0.15) is 5.82 Å². The van der Waals surface area contributed by atoms with E-state index in [1.165, 1.54) is 17.8 Å². The van der Waals surface area contributed by atoms with Crippen LogP contribution in [0, 0.1) is 5.82 Å². The van der Waals surface area contributed by atoms with Crippen LogP contribution in [0.5, 0.6) is 0 Å². The van der Waals surface area contributed by atoms with Gasteiger partial charge < -0.3 is 4.90 Å². The number of carbonyl (C=O) groups excluding carboxylic acids is 1. The van der Waals surface area contributed by atoms with E-state index in [1.54, 1.807) is 45.6 Å². The third-order valence-electron chi connectivity index (χ3n) is 5.58. The van der Waals surface area contributed by atoms with Gasteiger partial charge in [-0.05, 0) is 61.6 Å². The van der Waals surface area contributed by atoms with Crippen LogP contribution in [-0.4, -0.2) is 44.0 Å². The van der Waals surface area contributed by atoms with E-state index >= 15 is 0 Å². The number of hydrogen-bond donors (Lipinski definition) is 0. The molecular weight excluding hydrogens is 423 g/mol. The van der Waals surface area contributed by atoms with Crippen molar-refractivity contribution in [2.24, 2.45) is 0 Å². The molecule has 2 aliphatic heterocycles. The second kappa shape index (κ2) is 9.08. The monoisotopic (exact) mass is 448 g/mol. The average molecular weight is 449 g/mol. The fraction of sp³-hybridized carbons (Fsp3) is 0.409. The molecule has 0 unspecified atom stereocenters. The van der Waals surface area contributed by atoms with Gasteiger partial charge in [-0.1, -0.05) is 12.1 Å². The Morgan fingerprint density at radius 3 is 2.57 bits per heavy atom. The highest BCUT2D eigenvalue weighted by molar-refractivity contribution is 7.99. The molecule has 0 aliphatic carbocycles. The molecule has 8 heteroatoms. The third-order valence-corrected chi connectivity index (χ3v) is 8.53. The highest BCUT2D eigenvalue weighted by atomic mass is 32.2. The standard InChI is InChI=1S/C22H25FN2O3S2/c23-19-7-1-2-8-21(19)29-15-11-22(26)25-14-5-6-17-16-18(9-10-20(17)25)30(27,28)24-12-3-4-13-24/h1-2,7-10,16H,3-6,11-15H2. The number of benzene rings is 2. The van der Waals surface area contributed by atoms with Gasteiger partial charge in [-0.3, -0.25) is 4.79 Å². The van der Waals surface area contributed by atoms with Crippen LogP contribution < -0.4 is 4.90 Å². The zero-order chi connectivity index (χ0) is 21.1. The first-order chi connectivity index (χ1) is 14.5. The number of anilines is 1. The van der Waals surface area contributed by atoms with Crippen LogP contribution in [0.1, 0.15) is 31.2 Å². The molecule has 0 spiro atoms. The summed E-state index contributed by atoms with van der Waals surface area (Å²) < 4.78 is 41.0. The Kier molecular flexibility index (Phi) is 6.46. The SMILES string of the molecule is O=C(CCSc1ccccc1F)N1CCCc2cc(S(=O)(=O)N3CCCC3)ccc21. The summed E-state index contributed by atoms with van der Waals surface area (Å²) >= 11 is 1.33. The van der Waals surface area contributed by atoms with Crippen LogP contribution in [-0.2, 0) is 21.2 Å². The summed E-state index contributed by atoms with van der Waals surface area (Å²) in [5, 5.41) is 0. The molecule has 1 amide bonds. The molecule has 0 atom stereocenters. The van der Waals surface area contributed by atoms with Gasteiger partial charge in [-0.25, -0.2) is 12.8 Å². The number of amides is 1. The fourth-order valence-corrected chi connectivity index (χ4v) is 6.46. The van der Waals surface area contributed by atoms with Gasteiger partial charge in [-0.2, -0.15) is 4.31 Å². The molecule has 0 radical (unpaired) electrons. The van der Waals surface area contributed by atoms with E-state index in [0.29, 0.717) is 41.6 Å². The molecule has 2 aromatic rings. The first kappa shape index (κ1) is 21.3. The molecule has 2 heterocycles. The number of halogens is 1. The molecule has 4 rings (SSSR count). The van der Waals surface area contributed by atoms with Crippen LogP contribution in [0.15, 0.2) is 52.3 Å². The Hall–Kier alpha value is -1.90. The maximum Gasteiger partial charge on any atom is 0.243 e. The summed E-state index contributed by atoms with van der Waals surface area (Å²) in [4.78, 5) is 15.4. The molecule has 2 aromatic carbocycles. The van der Waals surface area contributed by atoms with Crippen molar-refractivity contribution in [1.82, 2.24) is 4.31 Å². The molecule has 1 saturated heterocycles. The normalized spacial score (nSPS) is 17.2. The summed E-state index contributed by atoms with van der Waals surface area (Å²) in [6, 6.07) is 11.7. The Labute approximate surface area is 181 Å². The molecule has 0 saturated carbocycles. The van der Waals surface area contributed by atoms with Crippen LogP contribution >= 0.6 is 11.8 Å². The molecule has 160 valence electrons. The van der Waals surface area contributed by atoms with E-state index in [1.807, 2.05) is 0 Å². The van der Waals surface area contributed by atoms with Gasteiger partial charge >= 0.3 is 0 Å². The number of thioether (sulfide) groups is 1. The lowest BCUT2D eigenvalue weighted by atomic mass is 10.0. The lowest BCUT2D eigenvalue weighted by Gasteiger charge is -2.30. The number of sulfonamides is 1. The van der Waals surface area contributed by atoms with Gasteiger partial charge in [0.05, 0.1) is 4.90 Å². The lowest BCUT2D eigenvalue weighted by molar-refractivity contribution is -0.118. The largest absolute Gasteiger partial charge is 0.312 e. The van der Waals surface area contributed by atoms with E-state index in [0.717, 1.165) is 36.9 Å². The van der Waals surface area contributed by atoms with Gasteiger partial charge in [0.25, 0.3) is 0 Å². The van der Waals surface area contributed by atoms with E-state index in [4.69, 9.17) is 0 Å². The minimum atomic E-state index is -3.47. The molecule has 5 nitrogen and oxygen atoms in total. The second-order valence-corrected chi connectivity index (χ2v) is 10.7. The Balaban J connectivity index is 1.45. The average Bonchev–Trinajstić information content (AvgIpc) is 3.30. The first-order valence-corrected chi connectivity index (χ1v) is 12.7. The van der Waals surface area contributed by atoms with Crippen molar-refractivity contribution in [3.8, 4) is 0 Å². The topological polar surface area (TPSA) is 57.7 Å². The highest BCUT2D eigenvalue weighted by Gasteiger charge is 2.29. The molecule has 0 bridgehead atoms. The first-order valence-electron chi connectivity index (χ1n) is 10.3. The number of rotatable bonds is 6. The van der Waals surface area contributed by atoms with Crippen molar-refractivity contribution in [2.75, 3.05) is 30.3 Å². The van der Waals surface area contributed by atoms with Gasteiger partial charge in [0.15, 0.2) is 0 Å². The number of aryl methyl sites for hydroxylation is 1. The maximum atomic E-state index is 13.7. The van der Waals surface area contributed by atoms with Crippen LogP contribution in [0.2, 0.25) is 0 Å². The molecule has 0 aromatic heterocycles. The summed E-state index contributed by atoms with van der Waals surface area (Å²) in [5.74, 6) is 0.201. The molecule has 2 aliphatic rings. The summed E-state index contributed by atoms with van der Waals surface area (Å²) in [6.45, 7) is 1.77. The predicted octanol–water partition coefficient (Wildman–Crippen LogP) is 4.07. The van der Waals surface area contributed by atoms with Crippen LogP contribution in [0.3, 0.4) is 0 Å². The molecule has 30 heavy (non-hydrogen) atoms. The quantitative estimate of drug-likeness (QED) is 0.625. The van der Waals surface area contributed by atoms with Crippen molar-refractivity contribution >= 4 is 33.4 Å². The zero-order valence-corrected chi connectivity index (χ0v) is 18.4. The Morgan fingerprint density at radius 2 is 1.80 bits per heavy atom. The number of hydrogen-bond acceptors (Lipinski definition) is 4. The Morgan fingerprint density at radius 1 is 1.03 bits per heavy atom. The number of fused-ring (bicyclic) bond motifs is 1. The molecule has 1 fully saturated rings.